The predicted octanol–water partition coefficient (Wildman–Crippen LogP) is 8.48. The van der Waals surface area contributed by atoms with Gasteiger partial charge >= 0.3 is 0 Å². The second-order valence-corrected chi connectivity index (χ2v) is 9.42. The summed E-state index contributed by atoms with van der Waals surface area (Å²) in [6, 6.07) is 0. The van der Waals surface area contributed by atoms with Crippen molar-refractivity contribution in [3.8, 4) is 0 Å². The van der Waals surface area contributed by atoms with Gasteiger partial charge < -0.3 is 0 Å². The van der Waals surface area contributed by atoms with E-state index in [1.54, 1.807) is 5.57 Å². The van der Waals surface area contributed by atoms with Crippen molar-refractivity contribution >= 4 is 0 Å². The van der Waals surface area contributed by atoms with E-state index in [1.165, 1.54) is 102 Å². The van der Waals surface area contributed by atoms with Crippen molar-refractivity contribution < 1.29 is 0 Å². The Morgan fingerprint density at radius 3 is 1.92 bits per heavy atom. The summed E-state index contributed by atoms with van der Waals surface area (Å²) in [5, 5.41) is 0. The maximum Gasteiger partial charge on any atom is -0.0177 e. The third kappa shape index (κ3) is 7.32. The van der Waals surface area contributed by atoms with Gasteiger partial charge in [0.05, 0.1) is 0 Å². The van der Waals surface area contributed by atoms with Crippen molar-refractivity contribution in [2.75, 3.05) is 0 Å². The fourth-order valence-electron chi connectivity index (χ4n) is 5.29. The van der Waals surface area contributed by atoms with Crippen LogP contribution in [0.3, 0.4) is 0 Å². The molecule has 2 aliphatic rings. The maximum atomic E-state index is 4.63. The SMILES string of the molecule is C=C(C)C1CCC(=C)C(C2CCCCCCCCC2)CCC(C)CC1. The summed E-state index contributed by atoms with van der Waals surface area (Å²) in [5.74, 6) is 3.31. The van der Waals surface area contributed by atoms with Crippen molar-refractivity contribution in [3.05, 3.63) is 24.3 Å². The monoisotopic (exact) mass is 344 g/mol. The molecule has 0 heteroatoms. The summed E-state index contributed by atoms with van der Waals surface area (Å²) >= 11 is 0. The van der Waals surface area contributed by atoms with Crippen LogP contribution in [-0.4, -0.2) is 0 Å². The molecule has 2 saturated carbocycles. The Kier molecular flexibility index (Phi) is 9.35. The first kappa shape index (κ1) is 20.8. The van der Waals surface area contributed by atoms with Gasteiger partial charge in [0.2, 0.25) is 0 Å². The normalized spacial score (nSPS) is 32.1. The fraction of sp³-hybridized carbons (Fsp3) is 0.840. The Balaban J connectivity index is 2.03. The van der Waals surface area contributed by atoms with Gasteiger partial charge in [-0.25, -0.2) is 0 Å². The molecule has 0 saturated heterocycles. The molecule has 3 unspecified atom stereocenters. The molecule has 0 nitrogen and oxygen atoms in total. The van der Waals surface area contributed by atoms with Crippen LogP contribution in [0, 0.1) is 23.7 Å². The molecule has 0 bridgehead atoms. The average molecular weight is 345 g/mol. The number of rotatable bonds is 2. The summed E-state index contributed by atoms with van der Waals surface area (Å²) in [5.41, 5.74) is 2.98. The molecule has 2 aliphatic carbocycles. The highest BCUT2D eigenvalue weighted by Gasteiger charge is 2.26. The third-order valence-electron chi connectivity index (χ3n) is 7.23. The lowest BCUT2D eigenvalue weighted by Gasteiger charge is -2.33. The quantitative estimate of drug-likeness (QED) is 0.440. The lowest BCUT2D eigenvalue weighted by Crippen LogP contribution is -2.20. The molecule has 0 heterocycles. The first-order chi connectivity index (χ1) is 12.1. The summed E-state index contributed by atoms with van der Waals surface area (Å²) in [7, 11) is 0. The highest BCUT2D eigenvalue weighted by molar-refractivity contribution is 5.06. The van der Waals surface area contributed by atoms with Crippen LogP contribution in [0.1, 0.15) is 110 Å². The minimum atomic E-state index is 0.724. The van der Waals surface area contributed by atoms with Crippen molar-refractivity contribution in [3.63, 3.8) is 0 Å². The van der Waals surface area contributed by atoms with Gasteiger partial charge in [0.25, 0.3) is 0 Å². The van der Waals surface area contributed by atoms with E-state index in [2.05, 4.69) is 27.0 Å². The largest absolute Gasteiger partial charge is 0.0999 e. The van der Waals surface area contributed by atoms with E-state index in [1.807, 2.05) is 0 Å². The second kappa shape index (κ2) is 11.2. The van der Waals surface area contributed by atoms with E-state index in [0.717, 1.165) is 23.7 Å². The van der Waals surface area contributed by atoms with Crippen molar-refractivity contribution in [1.29, 1.82) is 0 Å². The lowest BCUT2D eigenvalue weighted by atomic mass is 9.73. The number of hydrogen-bond acceptors (Lipinski definition) is 0. The summed E-state index contributed by atoms with van der Waals surface area (Å²) < 4.78 is 0. The van der Waals surface area contributed by atoms with Crippen LogP contribution in [-0.2, 0) is 0 Å². The van der Waals surface area contributed by atoms with E-state index in [0.29, 0.717) is 0 Å². The van der Waals surface area contributed by atoms with E-state index in [4.69, 9.17) is 0 Å². The van der Waals surface area contributed by atoms with Crippen LogP contribution >= 0.6 is 0 Å². The number of allylic oxidation sites excluding steroid dienone is 2. The van der Waals surface area contributed by atoms with Crippen LogP contribution < -0.4 is 0 Å². The van der Waals surface area contributed by atoms with Crippen LogP contribution in [0.4, 0.5) is 0 Å². The zero-order valence-electron chi connectivity index (χ0n) is 17.3. The number of hydrogen-bond donors (Lipinski definition) is 0. The molecule has 0 N–H and O–H groups in total. The Hall–Kier alpha value is -0.520. The fourth-order valence-corrected chi connectivity index (χ4v) is 5.29. The first-order valence-electron chi connectivity index (χ1n) is 11.4. The van der Waals surface area contributed by atoms with Gasteiger partial charge in [-0.3, -0.25) is 0 Å². The highest BCUT2D eigenvalue weighted by atomic mass is 14.3. The van der Waals surface area contributed by atoms with Crippen LogP contribution in [0.25, 0.3) is 0 Å². The Morgan fingerprint density at radius 2 is 1.32 bits per heavy atom. The van der Waals surface area contributed by atoms with Crippen LogP contribution in [0.15, 0.2) is 24.3 Å². The molecular weight excluding hydrogens is 300 g/mol. The smallest absolute Gasteiger partial charge is 0.0177 e. The van der Waals surface area contributed by atoms with Gasteiger partial charge in [-0.15, -0.1) is 0 Å². The molecule has 0 aromatic carbocycles. The van der Waals surface area contributed by atoms with E-state index < -0.39 is 0 Å². The van der Waals surface area contributed by atoms with Gasteiger partial charge in [0, 0.05) is 0 Å². The molecule has 0 aromatic heterocycles. The van der Waals surface area contributed by atoms with Gasteiger partial charge in [-0.05, 0) is 69.1 Å². The molecular formula is C25H44. The standard InChI is InChI=1S/C25H44/c1-20(2)23-17-14-21(3)15-19-25(22(4)16-18-23)24-12-10-8-6-5-7-9-11-13-24/h21,23-25H,1,4-19H2,2-3H3. The Bertz CT molecular complexity index is 394. The second-order valence-electron chi connectivity index (χ2n) is 9.42. The van der Waals surface area contributed by atoms with E-state index >= 15 is 0 Å². The molecule has 144 valence electrons. The van der Waals surface area contributed by atoms with Crippen LogP contribution in [0.2, 0.25) is 0 Å². The molecule has 0 aliphatic heterocycles. The van der Waals surface area contributed by atoms with Crippen molar-refractivity contribution in [1.82, 2.24) is 0 Å². The summed E-state index contributed by atoms with van der Waals surface area (Å²) in [6.07, 6.45) is 21.3. The molecule has 2 fully saturated rings. The first-order valence-corrected chi connectivity index (χ1v) is 11.4. The van der Waals surface area contributed by atoms with Crippen LogP contribution in [0.5, 0.6) is 0 Å². The van der Waals surface area contributed by atoms with Gasteiger partial charge in [0.15, 0.2) is 0 Å². The highest BCUT2D eigenvalue weighted by Crippen LogP contribution is 2.39. The Morgan fingerprint density at radius 1 is 0.760 bits per heavy atom. The summed E-state index contributed by atoms with van der Waals surface area (Å²) in [6.45, 7) is 13.6. The van der Waals surface area contributed by atoms with Gasteiger partial charge in [0.1, 0.15) is 0 Å². The molecule has 0 amide bonds. The predicted molar refractivity (Wildman–Crippen MR) is 113 cm³/mol. The minimum Gasteiger partial charge on any atom is -0.0999 e. The maximum absolute atomic E-state index is 4.63. The minimum absolute atomic E-state index is 0.724. The van der Waals surface area contributed by atoms with Gasteiger partial charge in [-0.2, -0.15) is 0 Å². The molecule has 2 rings (SSSR count). The van der Waals surface area contributed by atoms with Gasteiger partial charge in [-0.1, -0.05) is 89.0 Å². The topological polar surface area (TPSA) is 0 Å². The van der Waals surface area contributed by atoms with E-state index in [-0.39, 0.29) is 0 Å². The third-order valence-corrected chi connectivity index (χ3v) is 7.23. The summed E-state index contributed by atoms with van der Waals surface area (Å²) in [4.78, 5) is 0. The molecule has 3 atom stereocenters. The zero-order valence-corrected chi connectivity index (χ0v) is 17.3. The average Bonchev–Trinajstić information content (AvgIpc) is 2.59. The Labute approximate surface area is 158 Å². The lowest BCUT2D eigenvalue weighted by molar-refractivity contribution is 0.257. The molecule has 0 aromatic rings. The van der Waals surface area contributed by atoms with E-state index in [9.17, 15) is 0 Å². The molecule has 0 spiro atoms. The van der Waals surface area contributed by atoms with Crippen molar-refractivity contribution in [2.45, 2.75) is 110 Å². The molecule has 0 radical (unpaired) electrons. The van der Waals surface area contributed by atoms with Crippen molar-refractivity contribution in [2.24, 2.45) is 23.7 Å². The molecule has 25 heavy (non-hydrogen) atoms. The zero-order chi connectivity index (χ0) is 18.1.